The molecule has 0 amide bonds. The number of rotatable bonds is 3. The van der Waals surface area contributed by atoms with E-state index in [4.69, 9.17) is 0 Å². The molecule has 3 aromatic rings. The molecule has 2 aromatic carbocycles. The number of hydrogen-bond donors (Lipinski definition) is 1. The largest absolute Gasteiger partial charge is 0.421 e. The SMILES string of the molecule is O=Nc1cc(Br)cc2c1c(F)[nH][n+]2S(=O)(=O)c1ccccc1. The molecule has 22 heavy (non-hydrogen) atoms. The molecule has 0 aliphatic heterocycles. The molecule has 9 heteroatoms. The van der Waals surface area contributed by atoms with Gasteiger partial charge in [0, 0.05) is 14.6 Å². The summed E-state index contributed by atoms with van der Waals surface area (Å²) >= 11 is 3.15. The number of nitrogens with zero attached hydrogens (tertiary/aromatic N) is 2. The summed E-state index contributed by atoms with van der Waals surface area (Å²) in [6.07, 6.45) is 0. The van der Waals surface area contributed by atoms with Gasteiger partial charge in [0.05, 0.1) is 0 Å². The number of aromatic nitrogens is 2. The van der Waals surface area contributed by atoms with Crippen molar-refractivity contribution in [3.05, 3.63) is 57.8 Å². The molecule has 0 spiro atoms. The monoisotopic (exact) mass is 384 g/mol. The lowest BCUT2D eigenvalue weighted by Crippen LogP contribution is -2.44. The van der Waals surface area contributed by atoms with Crippen LogP contribution in [0.3, 0.4) is 0 Å². The predicted molar refractivity (Wildman–Crippen MR) is 80.6 cm³/mol. The van der Waals surface area contributed by atoms with Crippen molar-refractivity contribution in [2.45, 2.75) is 4.90 Å². The van der Waals surface area contributed by atoms with Crippen molar-refractivity contribution < 1.29 is 16.9 Å². The van der Waals surface area contributed by atoms with E-state index in [-0.39, 0.29) is 21.5 Å². The van der Waals surface area contributed by atoms with Crippen LogP contribution in [0, 0.1) is 10.9 Å². The first kappa shape index (κ1) is 14.8. The van der Waals surface area contributed by atoms with Crippen LogP contribution in [0.25, 0.3) is 10.9 Å². The summed E-state index contributed by atoms with van der Waals surface area (Å²) in [5, 5.41) is 4.69. The van der Waals surface area contributed by atoms with Crippen molar-refractivity contribution in [2.24, 2.45) is 5.18 Å². The van der Waals surface area contributed by atoms with Crippen LogP contribution in [-0.4, -0.2) is 13.5 Å². The smallest absolute Gasteiger partial charge is 0.180 e. The lowest BCUT2D eigenvalue weighted by Gasteiger charge is -1.97. The van der Waals surface area contributed by atoms with Gasteiger partial charge in [0.25, 0.3) is 11.5 Å². The fourth-order valence-electron chi connectivity index (χ4n) is 2.13. The molecular weight excluding hydrogens is 377 g/mol. The second kappa shape index (κ2) is 5.25. The minimum Gasteiger partial charge on any atom is -0.180 e. The van der Waals surface area contributed by atoms with E-state index in [0.717, 1.165) is 0 Å². The first-order valence-corrected chi connectivity index (χ1v) is 8.25. The van der Waals surface area contributed by atoms with E-state index in [9.17, 15) is 17.7 Å². The van der Waals surface area contributed by atoms with Gasteiger partial charge in [0.2, 0.25) is 0 Å². The van der Waals surface area contributed by atoms with Gasteiger partial charge in [0.1, 0.15) is 16.0 Å². The molecule has 0 radical (unpaired) electrons. The van der Waals surface area contributed by atoms with Crippen molar-refractivity contribution in [2.75, 3.05) is 0 Å². The van der Waals surface area contributed by atoms with E-state index in [1.165, 1.54) is 24.3 Å². The Kier molecular flexibility index (Phi) is 3.53. The maximum absolute atomic E-state index is 14.1. The summed E-state index contributed by atoms with van der Waals surface area (Å²) < 4.78 is 40.4. The number of hydrogen-bond acceptors (Lipinski definition) is 4. The average molecular weight is 385 g/mol. The van der Waals surface area contributed by atoms with Crippen molar-refractivity contribution in [1.82, 2.24) is 5.10 Å². The van der Waals surface area contributed by atoms with Crippen molar-refractivity contribution >= 4 is 42.5 Å². The summed E-state index contributed by atoms with van der Waals surface area (Å²) in [6.45, 7) is 0. The molecule has 0 saturated carbocycles. The van der Waals surface area contributed by atoms with Gasteiger partial charge in [-0.15, -0.1) is 10.0 Å². The van der Waals surface area contributed by atoms with Crippen LogP contribution in [0.5, 0.6) is 0 Å². The van der Waals surface area contributed by atoms with E-state index >= 15 is 0 Å². The minimum atomic E-state index is -4.03. The van der Waals surface area contributed by atoms with Gasteiger partial charge >= 0.3 is 10.0 Å². The Morgan fingerprint density at radius 3 is 2.50 bits per heavy atom. The van der Waals surface area contributed by atoms with Gasteiger partial charge < -0.3 is 0 Å². The van der Waals surface area contributed by atoms with Crippen molar-refractivity contribution in [1.29, 1.82) is 0 Å². The van der Waals surface area contributed by atoms with Gasteiger partial charge in [-0.3, -0.25) is 0 Å². The van der Waals surface area contributed by atoms with E-state index in [1.54, 1.807) is 18.2 Å². The van der Waals surface area contributed by atoms with Gasteiger partial charge in [-0.1, -0.05) is 34.1 Å². The Morgan fingerprint density at radius 2 is 1.86 bits per heavy atom. The molecule has 0 bridgehead atoms. The number of halogens is 2. The average Bonchev–Trinajstić information content (AvgIpc) is 2.85. The zero-order chi connectivity index (χ0) is 15.9. The molecule has 1 N–H and O–H groups in total. The third kappa shape index (κ3) is 2.22. The molecule has 1 aromatic heterocycles. The van der Waals surface area contributed by atoms with Crippen LogP contribution in [0.2, 0.25) is 0 Å². The molecule has 0 aliphatic carbocycles. The maximum atomic E-state index is 14.1. The van der Waals surface area contributed by atoms with Gasteiger partial charge in [0.15, 0.2) is 0 Å². The van der Waals surface area contributed by atoms with Gasteiger partial charge in [-0.25, -0.2) is 0 Å². The summed E-state index contributed by atoms with van der Waals surface area (Å²) in [7, 11) is -4.03. The Labute approximate surface area is 132 Å². The Bertz CT molecular complexity index is 987. The number of benzene rings is 2. The highest BCUT2D eigenvalue weighted by molar-refractivity contribution is 9.10. The maximum Gasteiger partial charge on any atom is 0.421 e. The topological polar surface area (TPSA) is 83.2 Å². The number of H-pyrrole nitrogens is 1. The summed E-state index contributed by atoms with van der Waals surface area (Å²) in [4.78, 5) is 10.8. The van der Waals surface area contributed by atoms with E-state index < -0.39 is 16.0 Å². The normalized spacial score (nSPS) is 11.7. The highest BCUT2D eigenvalue weighted by Gasteiger charge is 2.34. The number of nitroso groups, excluding NO2 is 1. The van der Waals surface area contributed by atoms with Crippen molar-refractivity contribution in [3.63, 3.8) is 0 Å². The minimum absolute atomic E-state index is 0.00896. The lowest BCUT2D eigenvalue weighted by atomic mass is 10.2. The standard InChI is InChI=1S/C13H7BrFN3O3S/c14-8-6-10(17-19)12-11(7-8)18(16-13(12)15)22(20,21)9-4-2-1-3-5-9/h1-7H/p+1. The Balaban J connectivity index is 2.38. The number of fused-ring (bicyclic) bond motifs is 1. The molecular formula is C13H8BrFN3O3S+. The van der Waals surface area contributed by atoms with Crippen LogP contribution in [0.1, 0.15) is 0 Å². The molecule has 1 heterocycles. The van der Waals surface area contributed by atoms with Crippen LogP contribution < -0.4 is 4.09 Å². The summed E-state index contributed by atoms with van der Waals surface area (Å²) in [6, 6.07) is 10.3. The highest BCUT2D eigenvalue weighted by Crippen LogP contribution is 2.30. The Morgan fingerprint density at radius 1 is 1.18 bits per heavy atom. The second-order valence-corrected chi connectivity index (χ2v) is 7.12. The molecule has 0 unspecified atom stereocenters. The summed E-state index contributed by atoms with van der Waals surface area (Å²) in [5.41, 5.74) is -0.203. The quantitative estimate of drug-likeness (QED) is 0.556. The number of aromatic amines is 1. The highest BCUT2D eigenvalue weighted by atomic mass is 79.9. The van der Waals surface area contributed by atoms with Crippen LogP contribution >= 0.6 is 15.9 Å². The lowest BCUT2D eigenvalue weighted by molar-refractivity contribution is -0.551. The molecule has 112 valence electrons. The molecule has 6 nitrogen and oxygen atoms in total. The fraction of sp³-hybridized carbons (Fsp3) is 0. The Hall–Kier alpha value is -2.13. The first-order chi connectivity index (χ1) is 10.4. The molecule has 0 aliphatic rings. The van der Waals surface area contributed by atoms with E-state index in [2.05, 4.69) is 26.2 Å². The molecule has 0 atom stereocenters. The van der Waals surface area contributed by atoms with Crippen LogP contribution in [-0.2, 0) is 10.0 Å². The first-order valence-electron chi connectivity index (χ1n) is 6.02. The molecule has 0 saturated heterocycles. The molecule has 3 rings (SSSR count). The zero-order valence-electron chi connectivity index (χ0n) is 10.8. The molecule has 0 fully saturated rings. The zero-order valence-corrected chi connectivity index (χ0v) is 13.2. The fourth-order valence-corrected chi connectivity index (χ4v) is 3.88. The van der Waals surface area contributed by atoms with E-state index in [1.807, 2.05) is 0 Å². The third-order valence-electron chi connectivity index (χ3n) is 3.08. The number of nitrogens with one attached hydrogen (secondary N) is 1. The summed E-state index contributed by atoms with van der Waals surface area (Å²) in [5.74, 6) is -0.948. The van der Waals surface area contributed by atoms with Crippen molar-refractivity contribution in [3.8, 4) is 0 Å². The van der Waals surface area contributed by atoms with Crippen LogP contribution in [0.4, 0.5) is 10.1 Å². The third-order valence-corrected chi connectivity index (χ3v) is 5.17. The van der Waals surface area contributed by atoms with Gasteiger partial charge in [-0.05, 0) is 23.4 Å². The van der Waals surface area contributed by atoms with E-state index in [0.29, 0.717) is 8.56 Å². The second-order valence-electron chi connectivity index (χ2n) is 4.42. The van der Waals surface area contributed by atoms with Gasteiger partial charge in [-0.2, -0.15) is 12.8 Å². The van der Waals surface area contributed by atoms with Crippen LogP contribution in [0.15, 0.2) is 57.0 Å². The predicted octanol–water partition coefficient (Wildman–Crippen LogP) is 2.99.